The van der Waals surface area contributed by atoms with Crippen molar-refractivity contribution in [3.8, 4) is 0 Å². The van der Waals surface area contributed by atoms with Crippen molar-refractivity contribution in [2.24, 2.45) is 0 Å². The summed E-state index contributed by atoms with van der Waals surface area (Å²) in [6.45, 7) is 1.85. The van der Waals surface area contributed by atoms with Crippen molar-refractivity contribution < 1.29 is 8.42 Å². The normalized spacial score (nSPS) is 12.0. The van der Waals surface area contributed by atoms with Crippen LogP contribution in [0.15, 0.2) is 27.8 Å². The van der Waals surface area contributed by atoms with Gasteiger partial charge in [0.1, 0.15) is 10.7 Å². The highest BCUT2D eigenvalue weighted by Crippen LogP contribution is 2.18. The fourth-order valence-electron chi connectivity index (χ4n) is 1.46. The van der Waals surface area contributed by atoms with Crippen molar-refractivity contribution in [1.29, 1.82) is 0 Å². The molecule has 2 aromatic heterocycles. The van der Waals surface area contributed by atoms with Gasteiger partial charge in [0.2, 0.25) is 10.0 Å². The Morgan fingerprint density at radius 1 is 1.42 bits per heavy atom. The van der Waals surface area contributed by atoms with Crippen LogP contribution in [-0.4, -0.2) is 39.9 Å². The summed E-state index contributed by atoms with van der Waals surface area (Å²) < 4.78 is 26.4. The summed E-state index contributed by atoms with van der Waals surface area (Å²) in [5.41, 5.74) is 0. The molecule has 0 aliphatic carbocycles. The van der Waals surface area contributed by atoms with Crippen LogP contribution in [0.3, 0.4) is 0 Å². The smallest absolute Gasteiger partial charge is 0.244 e. The number of aryl methyl sites for hydroxylation is 1. The summed E-state index contributed by atoms with van der Waals surface area (Å²) in [5, 5.41) is 6.59. The Kier molecular flexibility index (Phi) is 3.97. The van der Waals surface area contributed by atoms with Gasteiger partial charge < -0.3 is 0 Å². The number of halogens is 1. The van der Waals surface area contributed by atoms with Crippen molar-refractivity contribution in [2.45, 2.75) is 18.4 Å². The number of rotatable bonds is 4. The topological polar surface area (TPSA) is 91.8 Å². The van der Waals surface area contributed by atoms with Crippen LogP contribution in [0.2, 0.25) is 0 Å². The second-order valence-corrected chi connectivity index (χ2v) is 6.90. The largest absolute Gasteiger partial charge is 0.263 e. The molecule has 102 valence electrons. The summed E-state index contributed by atoms with van der Waals surface area (Å²) in [5.74, 6) is 1.07. The molecular formula is C10H12BrN5O2S. The van der Waals surface area contributed by atoms with Crippen LogP contribution in [0.4, 0.5) is 0 Å². The summed E-state index contributed by atoms with van der Waals surface area (Å²) in [6, 6.07) is 1.50. The third kappa shape index (κ3) is 3.17. The van der Waals surface area contributed by atoms with Crippen LogP contribution in [0, 0.1) is 6.92 Å². The molecule has 0 atom stereocenters. The first-order valence-electron chi connectivity index (χ1n) is 5.34. The van der Waals surface area contributed by atoms with E-state index in [4.69, 9.17) is 0 Å². The maximum absolute atomic E-state index is 12.3. The highest BCUT2D eigenvalue weighted by Gasteiger charge is 2.22. The van der Waals surface area contributed by atoms with E-state index in [9.17, 15) is 8.42 Å². The van der Waals surface area contributed by atoms with E-state index >= 15 is 0 Å². The summed E-state index contributed by atoms with van der Waals surface area (Å²) in [4.78, 5) is 8.05. The number of H-pyrrole nitrogens is 1. The summed E-state index contributed by atoms with van der Waals surface area (Å²) >= 11 is 3.20. The van der Waals surface area contributed by atoms with Gasteiger partial charge in [-0.1, -0.05) is 0 Å². The lowest BCUT2D eigenvalue weighted by Gasteiger charge is -2.15. The van der Waals surface area contributed by atoms with Crippen LogP contribution in [0.5, 0.6) is 0 Å². The molecule has 0 bridgehead atoms. The molecule has 0 saturated heterocycles. The molecule has 2 heterocycles. The van der Waals surface area contributed by atoms with Crippen LogP contribution in [0.1, 0.15) is 11.6 Å². The molecule has 19 heavy (non-hydrogen) atoms. The number of nitrogens with zero attached hydrogens (tertiary/aromatic N) is 4. The predicted octanol–water partition coefficient (Wildman–Crippen LogP) is 1.09. The number of aromatic nitrogens is 4. The highest BCUT2D eigenvalue weighted by molar-refractivity contribution is 9.10. The molecule has 0 saturated carbocycles. The van der Waals surface area contributed by atoms with Gasteiger partial charge in [0, 0.05) is 23.9 Å². The average molecular weight is 346 g/mol. The standard InChI is InChI=1S/C10H12BrN5O2S/c1-7-13-10(15-14-7)6-16(2)19(17,18)9-3-8(11)4-12-5-9/h3-5H,6H2,1-2H3,(H,13,14,15). The van der Waals surface area contributed by atoms with E-state index in [2.05, 4.69) is 36.1 Å². The SMILES string of the molecule is Cc1nc(CN(C)S(=O)(=O)c2cncc(Br)c2)n[nH]1. The second kappa shape index (κ2) is 5.35. The van der Waals surface area contributed by atoms with Gasteiger partial charge in [0.25, 0.3) is 0 Å². The molecule has 0 spiro atoms. The molecule has 1 N–H and O–H groups in total. The lowest BCUT2D eigenvalue weighted by molar-refractivity contribution is 0.457. The van der Waals surface area contributed by atoms with Crippen LogP contribution < -0.4 is 0 Å². The van der Waals surface area contributed by atoms with Crippen molar-refractivity contribution in [1.82, 2.24) is 24.5 Å². The first kappa shape index (κ1) is 14.1. The minimum Gasteiger partial charge on any atom is -0.263 e. The van der Waals surface area contributed by atoms with Crippen LogP contribution in [-0.2, 0) is 16.6 Å². The van der Waals surface area contributed by atoms with Crippen LogP contribution >= 0.6 is 15.9 Å². The molecule has 0 fully saturated rings. The molecule has 2 aromatic rings. The van der Waals surface area contributed by atoms with E-state index < -0.39 is 10.0 Å². The number of pyridine rings is 1. The van der Waals surface area contributed by atoms with Gasteiger partial charge >= 0.3 is 0 Å². The molecule has 0 radical (unpaired) electrons. The molecule has 2 rings (SSSR count). The number of hydrogen-bond donors (Lipinski definition) is 1. The zero-order valence-electron chi connectivity index (χ0n) is 10.3. The van der Waals surface area contributed by atoms with Gasteiger partial charge in [-0.3, -0.25) is 10.1 Å². The molecule has 0 aromatic carbocycles. The Hall–Kier alpha value is -1.32. The van der Waals surface area contributed by atoms with Gasteiger partial charge in [0.05, 0.1) is 6.54 Å². The number of sulfonamides is 1. The first-order valence-corrected chi connectivity index (χ1v) is 7.57. The van der Waals surface area contributed by atoms with Gasteiger partial charge in [-0.15, -0.1) is 0 Å². The molecule has 9 heteroatoms. The third-order valence-electron chi connectivity index (χ3n) is 2.40. The fourth-order valence-corrected chi connectivity index (χ4v) is 3.09. The molecule has 0 aliphatic heterocycles. The Morgan fingerprint density at radius 3 is 2.74 bits per heavy atom. The van der Waals surface area contributed by atoms with E-state index in [-0.39, 0.29) is 11.4 Å². The van der Waals surface area contributed by atoms with Crippen molar-refractivity contribution >= 4 is 26.0 Å². The van der Waals surface area contributed by atoms with Crippen molar-refractivity contribution in [3.63, 3.8) is 0 Å². The third-order valence-corrected chi connectivity index (χ3v) is 4.60. The molecular weight excluding hydrogens is 334 g/mol. The Bertz CT molecular complexity index is 685. The Morgan fingerprint density at radius 2 is 2.16 bits per heavy atom. The quantitative estimate of drug-likeness (QED) is 0.895. The Balaban J connectivity index is 2.24. The molecule has 0 amide bonds. The van der Waals surface area contributed by atoms with Crippen molar-refractivity contribution in [2.75, 3.05) is 7.05 Å². The average Bonchev–Trinajstić information content (AvgIpc) is 2.74. The van der Waals surface area contributed by atoms with Gasteiger partial charge in [-0.25, -0.2) is 13.4 Å². The monoisotopic (exact) mass is 345 g/mol. The number of hydrogen-bond acceptors (Lipinski definition) is 5. The molecule has 0 unspecified atom stereocenters. The summed E-state index contributed by atoms with van der Waals surface area (Å²) in [6.07, 6.45) is 2.83. The zero-order chi connectivity index (χ0) is 14.0. The molecule has 7 nitrogen and oxygen atoms in total. The van der Waals surface area contributed by atoms with E-state index in [0.717, 1.165) is 0 Å². The summed E-state index contributed by atoms with van der Waals surface area (Å²) in [7, 11) is -2.13. The first-order chi connectivity index (χ1) is 8.89. The minimum absolute atomic E-state index is 0.0964. The predicted molar refractivity (Wildman–Crippen MR) is 71.7 cm³/mol. The lowest BCUT2D eigenvalue weighted by atomic mass is 10.5. The van der Waals surface area contributed by atoms with Gasteiger partial charge in [-0.05, 0) is 28.9 Å². The molecule has 0 aliphatic rings. The maximum Gasteiger partial charge on any atom is 0.244 e. The zero-order valence-corrected chi connectivity index (χ0v) is 12.7. The maximum atomic E-state index is 12.3. The Labute approximate surface area is 119 Å². The lowest BCUT2D eigenvalue weighted by Crippen LogP contribution is -2.27. The van der Waals surface area contributed by atoms with E-state index in [0.29, 0.717) is 16.1 Å². The highest BCUT2D eigenvalue weighted by atomic mass is 79.9. The minimum atomic E-state index is -3.60. The number of nitrogens with one attached hydrogen (secondary N) is 1. The van der Waals surface area contributed by atoms with Crippen molar-refractivity contribution in [3.05, 3.63) is 34.6 Å². The van der Waals surface area contributed by atoms with Crippen LogP contribution in [0.25, 0.3) is 0 Å². The van der Waals surface area contributed by atoms with Gasteiger partial charge in [-0.2, -0.15) is 9.40 Å². The number of aromatic amines is 1. The van der Waals surface area contributed by atoms with E-state index in [1.165, 1.54) is 29.8 Å². The second-order valence-electron chi connectivity index (χ2n) is 3.94. The van der Waals surface area contributed by atoms with E-state index in [1.807, 2.05) is 0 Å². The van der Waals surface area contributed by atoms with Gasteiger partial charge in [0.15, 0.2) is 5.82 Å². The van der Waals surface area contributed by atoms with E-state index in [1.54, 1.807) is 6.92 Å². The fraction of sp³-hybridized carbons (Fsp3) is 0.300.